The Hall–Kier alpha value is -2.19. The third kappa shape index (κ3) is 5.20. The van der Waals surface area contributed by atoms with Crippen LogP contribution in [0.15, 0.2) is 18.2 Å². The second kappa shape index (κ2) is 9.84. The molecular weight excluding hydrogens is 360 g/mol. The molecule has 8 heteroatoms. The highest BCUT2D eigenvalue weighted by Gasteiger charge is 2.22. The maximum absolute atomic E-state index is 12.8. The van der Waals surface area contributed by atoms with Gasteiger partial charge in [-0.2, -0.15) is 0 Å². The summed E-state index contributed by atoms with van der Waals surface area (Å²) in [5, 5.41) is 14.1. The molecule has 2 fully saturated rings. The van der Waals surface area contributed by atoms with Crippen LogP contribution in [0.5, 0.6) is 0 Å². The zero-order valence-electron chi connectivity index (χ0n) is 16.6. The van der Waals surface area contributed by atoms with E-state index in [0.29, 0.717) is 44.5 Å². The van der Waals surface area contributed by atoms with Crippen LogP contribution in [0.1, 0.15) is 43.0 Å². The first-order valence-electron chi connectivity index (χ1n) is 10.2. The summed E-state index contributed by atoms with van der Waals surface area (Å²) in [6.07, 6.45) is 4.65. The van der Waals surface area contributed by atoms with Crippen LogP contribution in [-0.2, 0) is 4.74 Å². The van der Waals surface area contributed by atoms with Gasteiger partial charge in [0, 0.05) is 44.4 Å². The van der Waals surface area contributed by atoms with Gasteiger partial charge in [0.15, 0.2) is 0 Å². The highest BCUT2D eigenvalue weighted by atomic mass is 16.6. The van der Waals surface area contributed by atoms with E-state index in [1.807, 2.05) is 0 Å². The molecule has 3 rings (SSSR count). The van der Waals surface area contributed by atoms with E-state index in [1.54, 1.807) is 6.07 Å². The number of likely N-dealkylation sites (tertiary alicyclic amines) is 1. The summed E-state index contributed by atoms with van der Waals surface area (Å²) in [5.74, 6) is -0.253. The van der Waals surface area contributed by atoms with Crippen molar-refractivity contribution in [3.05, 3.63) is 33.9 Å². The summed E-state index contributed by atoms with van der Waals surface area (Å²) < 4.78 is 5.37. The third-order valence-corrected chi connectivity index (χ3v) is 5.64. The molecule has 2 heterocycles. The molecule has 0 aromatic heterocycles. The fourth-order valence-electron chi connectivity index (χ4n) is 3.97. The second-order valence-corrected chi connectivity index (χ2v) is 7.55. The number of ether oxygens (including phenoxy) is 1. The number of nitro groups is 1. The molecule has 8 nitrogen and oxygen atoms in total. The molecular formula is C20H30N4O4. The van der Waals surface area contributed by atoms with Gasteiger partial charge in [0.1, 0.15) is 0 Å². The normalized spacial score (nSPS) is 20.8. The number of hydrogen-bond acceptors (Lipinski definition) is 6. The Morgan fingerprint density at radius 3 is 2.79 bits per heavy atom. The number of piperidine rings is 1. The van der Waals surface area contributed by atoms with Gasteiger partial charge in [-0.1, -0.05) is 6.42 Å². The predicted molar refractivity (Wildman–Crippen MR) is 108 cm³/mol. The molecule has 154 valence electrons. The van der Waals surface area contributed by atoms with Crippen molar-refractivity contribution >= 4 is 17.3 Å². The number of hydrogen-bond donors (Lipinski definition) is 1. The number of rotatable bonds is 7. The molecule has 2 aliphatic rings. The third-order valence-electron chi connectivity index (χ3n) is 5.64. The zero-order valence-corrected chi connectivity index (χ0v) is 16.6. The van der Waals surface area contributed by atoms with Gasteiger partial charge in [0.25, 0.3) is 11.6 Å². The van der Waals surface area contributed by atoms with Crippen molar-refractivity contribution in [1.29, 1.82) is 0 Å². The van der Waals surface area contributed by atoms with Crippen molar-refractivity contribution in [2.45, 2.75) is 38.6 Å². The zero-order chi connectivity index (χ0) is 19.9. The van der Waals surface area contributed by atoms with Crippen LogP contribution >= 0.6 is 0 Å². The van der Waals surface area contributed by atoms with Gasteiger partial charge >= 0.3 is 0 Å². The number of nitro benzene ring substituents is 1. The number of carbonyl (C=O) groups is 1. The van der Waals surface area contributed by atoms with Crippen molar-refractivity contribution in [1.82, 2.24) is 10.2 Å². The van der Waals surface area contributed by atoms with Gasteiger partial charge in [0.2, 0.25) is 0 Å². The maximum atomic E-state index is 12.8. The Bertz CT molecular complexity index is 691. The average molecular weight is 390 g/mol. The molecule has 0 unspecified atom stereocenters. The smallest absolute Gasteiger partial charge is 0.270 e. The van der Waals surface area contributed by atoms with Gasteiger partial charge in [0.05, 0.1) is 29.4 Å². The number of carbonyl (C=O) groups excluding carboxylic acids is 1. The lowest BCUT2D eigenvalue weighted by Crippen LogP contribution is -2.39. The molecule has 1 aromatic rings. The summed E-state index contributed by atoms with van der Waals surface area (Å²) in [6.45, 7) is 7.44. The monoisotopic (exact) mass is 390 g/mol. The lowest BCUT2D eigenvalue weighted by atomic mass is 10.0. The molecule has 2 aliphatic heterocycles. The fraction of sp³-hybridized carbons (Fsp3) is 0.650. The molecule has 28 heavy (non-hydrogen) atoms. The van der Waals surface area contributed by atoms with Crippen LogP contribution in [-0.4, -0.2) is 67.7 Å². The molecule has 0 bridgehead atoms. The number of amides is 1. The summed E-state index contributed by atoms with van der Waals surface area (Å²) >= 11 is 0. The van der Waals surface area contributed by atoms with Gasteiger partial charge in [-0.05, 0) is 38.8 Å². The van der Waals surface area contributed by atoms with E-state index in [1.165, 1.54) is 31.4 Å². The largest absolute Gasteiger partial charge is 0.378 e. The number of nitrogens with one attached hydrogen (secondary N) is 1. The second-order valence-electron chi connectivity index (χ2n) is 7.55. The van der Waals surface area contributed by atoms with E-state index >= 15 is 0 Å². The van der Waals surface area contributed by atoms with Crippen molar-refractivity contribution in [2.75, 3.05) is 50.8 Å². The van der Waals surface area contributed by atoms with E-state index in [4.69, 9.17) is 4.74 Å². The lowest BCUT2D eigenvalue weighted by Gasteiger charge is -2.33. The van der Waals surface area contributed by atoms with Crippen molar-refractivity contribution < 1.29 is 14.5 Å². The summed E-state index contributed by atoms with van der Waals surface area (Å²) in [7, 11) is 0. The van der Waals surface area contributed by atoms with Gasteiger partial charge in [-0.15, -0.1) is 0 Å². The molecule has 1 N–H and O–H groups in total. The summed E-state index contributed by atoms with van der Waals surface area (Å²) in [5.41, 5.74) is 1.03. The molecule has 1 aromatic carbocycles. The van der Waals surface area contributed by atoms with E-state index < -0.39 is 4.92 Å². The topological polar surface area (TPSA) is 88.0 Å². The Labute approximate surface area is 166 Å². The van der Waals surface area contributed by atoms with Crippen LogP contribution < -0.4 is 10.2 Å². The first-order chi connectivity index (χ1) is 13.6. The Kier molecular flexibility index (Phi) is 7.22. The number of anilines is 1. The minimum Gasteiger partial charge on any atom is -0.378 e. The minimum absolute atomic E-state index is 0.0655. The van der Waals surface area contributed by atoms with E-state index in [0.717, 1.165) is 25.2 Å². The Morgan fingerprint density at radius 1 is 1.29 bits per heavy atom. The Balaban J connectivity index is 1.61. The number of non-ortho nitro benzene ring substituents is 1. The summed E-state index contributed by atoms with van der Waals surface area (Å²) in [6, 6.07) is 5.12. The predicted octanol–water partition coefficient (Wildman–Crippen LogP) is 2.43. The van der Waals surface area contributed by atoms with Crippen molar-refractivity contribution in [2.24, 2.45) is 0 Å². The lowest BCUT2D eigenvalue weighted by molar-refractivity contribution is -0.384. The number of morpholine rings is 1. The molecule has 0 aliphatic carbocycles. The van der Waals surface area contributed by atoms with Crippen LogP contribution in [0.3, 0.4) is 0 Å². The standard InChI is InChI=1S/C20H30N4O4/c1-16-5-2-3-9-22(16)10-4-8-21-20(25)18-15-17(24(26)27)6-7-19(18)23-11-13-28-14-12-23/h6-7,15-16H,2-5,8-14H2,1H3,(H,21,25)/t16-/m0/s1. The number of benzene rings is 1. The average Bonchev–Trinajstić information content (AvgIpc) is 2.72. The van der Waals surface area contributed by atoms with Crippen LogP contribution in [0.2, 0.25) is 0 Å². The minimum atomic E-state index is -0.461. The number of nitrogens with zero attached hydrogens (tertiary/aromatic N) is 3. The van der Waals surface area contributed by atoms with Gasteiger partial charge in [-0.3, -0.25) is 14.9 Å². The molecule has 0 spiro atoms. The molecule has 0 saturated carbocycles. The quantitative estimate of drug-likeness (QED) is 0.437. The van der Waals surface area contributed by atoms with E-state index in [9.17, 15) is 14.9 Å². The van der Waals surface area contributed by atoms with Crippen LogP contribution in [0.4, 0.5) is 11.4 Å². The maximum Gasteiger partial charge on any atom is 0.270 e. The van der Waals surface area contributed by atoms with E-state index in [2.05, 4.69) is 22.0 Å². The molecule has 1 atom stereocenters. The van der Waals surface area contributed by atoms with E-state index in [-0.39, 0.29) is 11.6 Å². The molecule has 1 amide bonds. The van der Waals surface area contributed by atoms with Crippen LogP contribution in [0.25, 0.3) is 0 Å². The SMILES string of the molecule is C[C@H]1CCCCN1CCCNC(=O)c1cc([N+](=O)[O-])ccc1N1CCOCC1. The fourth-order valence-corrected chi connectivity index (χ4v) is 3.97. The highest BCUT2D eigenvalue weighted by molar-refractivity contribution is 6.00. The van der Waals surface area contributed by atoms with Gasteiger partial charge in [-0.25, -0.2) is 0 Å². The van der Waals surface area contributed by atoms with Crippen molar-refractivity contribution in [3.8, 4) is 0 Å². The molecule has 2 saturated heterocycles. The summed E-state index contributed by atoms with van der Waals surface area (Å²) in [4.78, 5) is 28.0. The van der Waals surface area contributed by atoms with Crippen LogP contribution in [0, 0.1) is 10.1 Å². The molecule has 0 radical (unpaired) electrons. The van der Waals surface area contributed by atoms with Gasteiger partial charge < -0.3 is 19.9 Å². The Morgan fingerprint density at radius 2 is 2.07 bits per heavy atom. The van der Waals surface area contributed by atoms with Crippen molar-refractivity contribution in [3.63, 3.8) is 0 Å². The first kappa shape index (κ1) is 20.5. The highest BCUT2D eigenvalue weighted by Crippen LogP contribution is 2.26. The first-order valence-corrected chi connectivity index (χ1v) is 10.2.